The standard InChI is InChI=1S/C10H9N3O2/c1-3-9(7-11-5-1)14-13-15-10-4-2-6-12-8-10/h1-8,13H. The van der Waals surface area contributed by atoms with E-state index < -0.39 is 0 Å². The van der Waals surface area contributed by atoms with Crippen LogP contribution >= 0.6 is 0 Å². The van der Waals surface area contributed by atoms with E-state index in [9.17, 15) is 0 Å². The maximum atomic E-state index is 5.05. The molecule has 0 aliphatic heterocycles. The van der Waals surface area contributed by atoms with Gasteiger partial charge in [-0.05, 0) is 24.3 Å². The Bertz CT molecular complexity index is 354. The SMILES string of the molecule is c1cncc(ONOc2cccnc2)c1. The molecule has 0 fully saturated rings. The first-order chi connectivity index (χ1) is 7.45. The first-order valence-corrected chi connectivity index (χ1v) is 4.34. The van der Waals surface area contributed by atoms with Gasteiger partial charge in [-0.1, -0.05) is 0 Å². The third-order valence-electron chi connectivity index (χ3n) is 1.59. The van der Waals surface area contributed by atoms with Crippen molar-refractivity contribution >= 4 is 0 Å². The molecule has 0 unspecified atom stereocenters. The summed E-state index contributed by atoms with van der Waals surface area (Å²) in [5.41, 5.74) is 2.34. The third-order valence-corrected chi connectivity index (χ3v) is 1.59. The first kappa shape index (κ1) is 9.42. The summed E-state index contributed by atoms with van der Waals surface area (Å²) in [6, 6.07) is 7.04. The van der Waals surface area contributed by atoms with Crippen LogP contribution in [0.15, 0.2) is 49.1 Å². The number of hydrogen-bond donors (Lipinski definition) is 1. The molecule has 0 aliphatic carbocycles. The van der Waals surface area contributed by atoms with Gasteiger partial charge in [-0.25, -0.2) is 0 Å². The van der Waals surface area contributed by atoms with Gasteiger partial charge in [0.05, 0.1) is 12.4 Å². The minimum Gasteiger partial charge on any atom is -0.372 e. The lowest BCUT2D eigenvalue weighted by Crippen LogP contribution is -2.22. The summed E-state index contributed by atoms with van der Waals surface area (Å²) in [6.45, 7) is 0. The second-order valence-corrected chi connectivity index (χ2v) is 2.66. The van der Waals surface area contributed by atoms with Crippen LogP contribution in [0, 0.1) is 0 Å². The molecule has 0 saturated carbocycles. The Hall–Kier alpha value is -2.14. The van der Waals surface area contributed by atoms with E-state index in [1.807, 2.05) is 0 Å². The monoisotopic (exact) mass is 203 g/mol. The zero-order chi connectivity index (χ0) is 10.3. The van der Waals surface area contributed by atoms with Gasteiger partial charge in [0.2, 0.25) is 0 Å². The van der Waals surface area contributed by atoms with E-state index in [1.54, 1.807) is 49.1 Å². The van der Waals surface area contributed by atoms with Crippen LogP contribution in [0.5, 0.6) is 11.5 Å². The largest absolute Gasteiger partial charge is 0.372 e. The summed E-state index contributed by atoms with van der Waals surface area (Å²) in [6.07, 6.45) is 6.46. The number of pyridine rings is 2. The second kappa shape index (κ2) is 4.92. The lowest BCUT2D eigenvalue weighted by atomic mass is 10.5. The maximum Gasteiger partial charge on any atom is 0.169 e. The molecule has 0 saturated heterocycles. The average Bonchev–Trinajstić information content (AvgIpc) is 2.32. The summed E-state index contributed by atoms with van der Waals surface area (Å²) >= 11 is 0. The van der Waals surface area contributed by atoms with Crippen LogP contribution in [0.2, 0.25) is 0 Å². The van der Waals surface area contributed by atoms with Gasteiger partial charge in [0, 0.05) is 18.0 Å². The lowest BCUT2D eigenvalue weighted by molar-refractivity contribution is -0.0196. The van der Waals surface area contributed by atoms with Crippen molar-refractivity contribution in [3.05, 3.63) is 49.1 Å². The van der Waals surface area contributed by atoms with E-state index in [1.165, 1.54) is 0 Å². The molecular weight excluding hydrogens is 194 g/mol. The topological polar surface area (TPSA) is 56.3 Å². The number of rotatable bonds is 4. The van der Waals surface area contributed by atoms with Crippen molar-refractivity contribution in [2.45, 2.75) is 0 Å². The highest BCUT2D eigenvalue weighted by Gasteiger charge is 1.93. The highest BCUT2D eigenvalue weighted by atomic mass is 16.9. The van der Waals surface area contributed by atoms with E-state index in [0.717, 1.165) is 0 Å². The van der Waals surface area contributed by atoms with Crippen molar-refractivity contribution in [3.63, 3.8) is 0 Å². The number of hydrogen-bond acceptors (Lipinski definition) is 5. The van der Waals surface area contributed by atoms with Crippen LogP contribution in [0.4, 0.5) is 0 Å². The summed E-state index contributed by atoms with van der Waals surface area (Å²) in [4.78, 5) is 17.8. The highest BCUT2D eigenvalue weighted by molar-refractivity contribution is 5.16. The van der Waals surface area contributed by atoms with Gasteiger partial charge in [-0.3, -0.25) is 9.97 Å². The Morgan fingerprint density at radius 2 is 1.40 bits per heavy atom. The Morgan fingerprint density at radius 3 is 1.80 bits per heavy atom. The molecule has 2 rings (SSSR count). The van der Waals surface area contributed by atoms with E-state index in [2.05, 4.69) is 15.6 Å². The van der Waals surface area contributed by atoms with Gasteiger partial charge in [-0.15, -0.1) is 0 Å². The van der Waals surface area contributed by atoms with Gasteiger partial charge >= 0.3 is 0 Å². The van der Waals surface area contributed by atoms with Crippen LogP contribution in [0.25, 0.3) is 0 Å². The zero-order valence-corrected chi connectivity index (χ0v) is 7.83. The molecule has 76 valence electrons. The smallest absolute Gasteiger partial charge is 0.169 e. The fourth-order valence-electron chi connectivity index (χ4n) is 0.932. The molecule has 0 aromatic carbocycles. The van der Waals surface area contributed by atoms with E-state index >= 15 is 0 Å². The molecule has 0 spiro atoms. The van der Waals surface area contributed by atoms with Gasteiger partial charge in [0.1, 0.15) is 0 Å². The molecule has 5 heteroatoms. The van der Waals surface area contributed by atoms with Crippen molar-refractivity contribution in [3.8, 4) is 11.5 Å². The number of nitrogens with one attached hydrogen (secondary N) is 1. The Kier molecular flexibility index (Phi) is 3.09. The molecule has 0 radical (unpaired) electrons. The van der Waals surface area contributed by atoms with Crippen molar-refractivity contribution in [2.24, 2.45) is 0 Å². The van der Waals surface area contributed by atoms with Gasteiger partial charge in [-0.2, -0.15) is 0 Å². The Morgan fingerprint density at radius 1 is 0.867 bits per heavy atom. The fourth-order valence-corrected chi connectivity index (χ4v) is 0.932. The van der Waals surface area contributed by atoms with Crippen molar-refractivity contribution in [1.82, 2.24) is 15.6 Å². The molecule has 2 aromatic rings. The maximum absolute atomic E-state index is 5.05. The van der Waals surface area contributed by atoms with Crippen molar-refractivity contribution in [1.29, 1.82) is 0 Å². The third kappa shape index (κ3) is 2.92. The van der Waals surface area contributed by atoms with Crippen molar-refractivity contribution < 1.29 is 9.68 Å². The summed E-state index contributed by atoms with van der Waals surface area (Å²) in [5.74, 6) is 1.14. The summed E-state index contributed by atoms with van der Waals surface area (Å²) in [5, 5.41) is 0. The van der Waals surface area contributed by atoms with Crippen LogP contribution in [-0.4, -0.2) is 9.97 Å². The number of nitrogens with zero attached hydrogens (tertiary/aromatic N) is 2. The predicted octanol–water partition coefficient (Wildman–Crippen LogP) is 1.35. The lowest BCUT2D eigenvalue weighted by Gasteiger charge is -2.06. The molecule has 15 heavy (non-hydrogen) atoms. The van der Waals surface area contributed by atoms with E-state index in [0.29, 0.717) is 11.5 Å². The van der Waals surface area contributed by atoms with Crippen LogP contribution in [0.3, 0.4) is 0 Å². The van der Waals surface area contributed by atoms with Crippen LogP contribution < -0.4 is 15.3 Å². The normalized spacial score (nSPS) is 9.60. The molecule has 2 aromatic heterocycles. The second-order valence-electron chi connectivity index (χ2n) is 2.66. The molecule has 0 atom stereocenters. The molecular formula is C10H9N3O2. The first-order valence-electron chi connectivity index (χ1n) is 4.34. The Balaban J connectivity index is 1.81. The van der Waals surface area contributed by atoms with Crippen molar-refractivity contribution in [2.75, 3.05) is 0 Å². The van der Waals surface area contributed by atoms with Gasteiger partial charge in [0.25, 0.3) is 0 Å². The predicted molar refractivity (Wildman–Crippen MR) is 52.9 cm³/mol. The van der Waals surface area contributed by atoms with E-state index in [-0.39, 0.29) is 0 Å². The fraction of sp³-hybridized carbons (Fsp3) is 0. The quantitative estimate of drug-likeness (QED) is 0.760. The van der Waals surface area contributed by atoms with Crippen LogP contribution in [0.1, 0.15) is 0 Å². The highest BCUT2D eigenvalue weighted by Crippen LogP contribution is 2.06. The molecule has 5 nitrogen and oxygen atoms in total. The molecule has 0 bridgehead atoms. The van der Waals surface area contributed by atoms with Gasteiger partial charge < -0.3 is 9.68 Å². The molecule has 1 N–H and O–H groups in total. The number of aromatic nitrogens is 2. The summed E-state index contributed by atoms with van der Waals surface area (Å²) in [7, 11) is 0. The Labute approximate surface area is 86.6 Å². The van der Waals surface area contributed by atoms with Crippen LogP contribution in [-0.2, 0) is 0 Å². The van der Waals surface area contributed by atoms with E-state index in [4.69, 9.17) is 9.68 Å². The molecule has 2 heterocycles. The average molecular weight is 203 g/mol. The molecule has 0 aliphatic rings. The summed E-state index contributed by atoms with van der Waals surface area (Å²) < 4.78 is 0. The van der Waals surface area contributed by atoms with Gasteiger partial charge in [0.15, 0.2) is 11.5 Å². The minimum absolute atomic E-state index is 0.571. The zero-order valence-electron chi connectivity index (χ0n) is 7.83. The minimum atomic E-state index is 0.571. The molecule has 0 amide bonds.